The highest BCUT2D eigenvalue weighted by Crippen LogP contribution is 2.29. The minimum atomic E-state index is -0.192. The largest absolute Gasteiger partial charge is 0.394 e. The van der Waals surface area contributed by atoms with Gasteiger partial charge >= 0.3 is 0 Å². The van der Waals surface area contributed by atoms with Gasteiger partial charge in [-0.2, -0.15) is 0 Å². The fourth-order valence-corrected chi connectivity index (χ4v) is 2.35. The molecule has 2 rings (SSSR count). The van der Waals surface area contributed by atoms with E-state index in [9.17, 15) is 5.11 Å². The smallest absolute Gasteiger partial charge is 0.0886 e. The first-order valence-corrected chi connectivity index (χ1v) is 6.36. The summed E-state index contributed by atoms with van der Waals surface area (Å²) in [5.41, 5.74) is 1.04. The lowest BCUT2D eigenvalue weighted by Gasteiger charge is -2.23. The van der Waals surface area contributed by atoms with Gasteiger partial charge in [-0.3, -0.25) is 0 Å². The van der Waals surface area contributed by atoms with Crippen molar-refractivity contribution in [2.24, 2.45) is 0 Å². The van der Waals surface area contributed by atoms with Crippen molar-refractivity contribution < 1.29 is 9.84 Å². The van der Waals surface area contributed by atoms with Gasteiger partial charge in [0.15, 0.2) is 0 Å². The lowest BCUT2D eigenvalue weighted by atomic mass is 9.93. The van der Waals surface area contributed by atoms with Gasteiger partial charge in [-0.15, -0.1) is 12.4 Å². The van der Waals surface area contributed by atoms with E-state index >= 15 is 0 Å². The molecule has 0 spiro atoms. The van der Waals surface area contributed by atoms with Gasteiger partial charge in [-0.05, 0) is 17.7 Å². The van der Waals surface area contributed by atoms with Crippen LogP contribution in [-0.4, -0.2) is 37.5 Å². The Morgan fingerprint density at radius 3 is 2.78 bits per heavy atom. The predicted octanol–water partition coefficient (Wildman–Crippen LogP) is 2.48. The van der Waals surface area contributed by atoms with Crippen LogP contribution in [0, 0.1) is 0 Å². The van der Waals surface area contributed by atoms with Crippen molar-refractivity contribution in [3.8, 4) is 0 Å². The van der Waals surface area contributed by atoms with Gasteiger partial charge < -0.3 is 15.2 Å². The normalized spacial score (nSPS) is 24.2. The van der Waals surface area contributed by atoms with Crippen molar-refractivity contribution in [2.45, 2.75) is 12.0 Å². The molecule has 0 amide bonds. The zero-order valence-corrected chi connectivity index (χ0v) is 12.1. The Morgan fingerprint density at radius 1 is 1.33 bits per heavy atom. The van der Waals surface area contributed by atoms with Crippen LogP contribution in [0.3, 0.4) is 0 Å². The highest BCUT2D eigenvalue weighted by atomic mass is 35.5. The zero-order valence-electron chi connectivity index (χ0n) is 9.73. The number of benzene rings is 1. The van der Waals surface area contributed by atoms with E-state index in [4.69, 9.17) is 27.9 Å². The highest BCUT2D eigenvalue weighted by molar-refractivity contribution is 6.42. The third kappa shape index (κ3) is 3.73. The minimum absolute atomic E-state index is 0. The van der Waals surface area contributed by atoms with E-state index in [2.05, 4.69) is 5.32 Å². The Bertz CT molecular complexity index is 390. The van der Waals surface area contributed by atoms with Crippen molar-refractivity contribution in [3.63, 3.8) is 0 Å². The molecule has 0 radical (unpaired) electrons. The van der Waals surface area contributed by atoms with Crippen molar-refractivity contribution in [3.05, 3.63) is 33.8 Å². The minimum Gasteiger partial charge on any atom is -0.394 e. The lowest BCUT2D eigenvalue weighted by molar-refractivity contribution is 0.0108. The highest BCUT2D eigenvalue weighted by Gasteiger charge is 2.25. The van der Waals surface area contributed by atoms with Gasteiger partial charge in [0.25, 0.3) is 0 Å². The first kappa shape index (κ1) is 16.0. The molecule has 6 heteroatoms. The van der Waals surface area contributed by atoms with E-state index in [-0.39, 0.29) is 31.0 Å². The SMILES string of the molecule is Cl.OCC1OCCNCC1c1ccc(Cl)c(Cl)c1. The molecule has 0 bridgehead atoms. The second kappa shape index (κ2) is 7.53. The molecule has 1 saturated heterocycles. The van der Waals surface area contributed by atoms with Crippen LogP contribution in [0.15, 0.2) is 18.2 Å². The van der Waals surface area contributed by atoms with Gasteiger partial charge in [0.05, 0.1) is 29.4 Å². The molecule has 1 fully saturated rings. The summed E-state index contributed by atoms with van der Waals surface area (Å²) in [4.78, 5) is 0. The van der Waals surface area contributed by atoms with Crippen LogP contribution in [0.2, 0.25) is 10.0 Å². The van der Waals surface area contributed by atoms with E-state index in [1.54, 1.807) is 6.07 Å². The fraction of sp³-hybridized carbons (Fsp3) is 0.500. The van der Waals surface area contributed by atoms with Crippen molar-refractivity contribution >= 4 is 35.6 Å². The van der Waals surface area contributed by atoms with Crippen LogP contribution in [0.25, 0.3) is 0 Å². The van der Waals surface area contributed by atoms with Crippen molar-refractivity contribution in [2.75, 3.05) is 26.3 Å². The summed E-state index contributed by atoms with van der Waals surface area (Å²) in [5.74, 6) is 0.0947. The van der Waals surface area contributed by atoms with Crippen LogP contribution >= 0.6 is 35.6 Å². The predicted molar refractivity (Wildman–Crippen MR) is 76.1 cm³/mol. The second-order valence-corrected chi connectivity index (χ2v) is 4.89. The lowest BCUT2D eigenvalue weighted by Crippen LogP contribution is -2.29. The van der Waals surface area contributed by atoms with E-state index in [1.807, 2.05) is 12.1 Å². The maximum absolute atomic E-state index is 9.36. The van der Waals surface area contributed by atoms with Gasteiger partial charge in [-0.25, -0.2) is 0 Å². The van der Waals surface area contributed by atoms with Crippen molar-refractivity contribution in [1.82, 2.24) is 5.32 Å². The Morgan fingerprint density at radius 2 is 2.11 bits per heavy atom. The summed E-state index contributed by atoms with van der Waals surface area (Å²) in [6.07, 6.45) is -0.192. The average molecular weight is 313 g/mol. The van der Waals surface area contributed by atoms with Gasteiger partial charge in [0.2, 0.25) is 0 Å². The molecule has 2 N–H and O–H groups in total. The van der Waals surface area contributed by atoms with Gasteiger partial charge in [0, 0.05) is 19.0 Å². The van der Waals surface area contributed by atoms with Crippen LogP contribution in [0.5, 0.6) is 0 Å². The molecule has 1 aliphatic heterocycles. The molecule has 18 heavy (non-hydrogen) atoms. The van der Waals surface area contributed by atoms with E-state index in [0.717, 1.165) is 18.7 Å². The Balaban J connectivity index is 0.00000162. The topological polar surface area (TPSA) is 41.5 Å². The number of rotatable bonds is 2. The molecule has 1 aromatic rings. The second-order valence-electron chi connectivity index (χ2n) is 4.08. The zero-order chi connectivity index (χ0) is 12.3. The number of aliphatic hydroxyl groups excluding tert-OH is 1. The number of nitrogens with one attached hydrogen (secondary N) is 1. The van der Waals surface area contributed by atoms with Crippen LogP contribution in [0.1, 0.15) is 11.5 Å². The Kier molecular flexibility index (Phi) is 6.71. The fourth-order valence-electron chi connectivity index (χ4n) is 2.04. The maximum Gasteiger partial charge on any atom is 0.0886 e. The average Bonchev–Trinajstić information content (AvgIpc) is 2.57. The number of ether oxygens (including phenoxy) is 1. The summed E-state index contributed by atoms with van der Waals surface area (Å²) >= 11 is 11.9. The number of hydrogen-bond acceptors (Lipinski definition) is 3. The molecule has 2 unspecified atom stereocenters. The molecule has 0 aliphatic carbocycles. The van der Waals surface area contributed by atoms with E-state index in [0.29, 0.717) is 16.7 Å². The van der Waals surface area contributed by atoms with E-state index < -0.39 is 0 Å². The van der Waals surface area contributed by atoms with Crippen LogP contribution in [0.4, 0.5) is 0 Å². The first-order chi connectivity index (χ1) is 8.22. The molecule has 0 saturated carbocycles. The Labute approximate surface area is 123 Å². The van der Waals surface area contributed by atoms with Crippen LogP contribution in [-0.2, 0) is 4.74 Å². The van der Waals surface area contributed by atoms with Gasteiger partial charge in [-0.1, -0.05) is 29.3 Å². The summed E-state index contributed by atoms with van der Waals surface area (Å²) < 4.78 is 5.60. The molecular formula is C12H16Cl3NO2. The quantitative estimate of drug-likeness (QED) is 0.881. The molecule has 3 nitrogen and oxygen atoms in total. The molecule has 102 valence electrons. The molecule has 0 aromatic heterocycles. The molecule has 1 heterocycles. The summed E-state index contributed by atoms with van der Waals surface area (Å²) in [5, 5.41) is 13.7. The summed E-state index contributed by atoms with van der Waals surface area (Å²) in [6.45, 7) is 2.19. The Hall–Kier alpha value is -0.0300. The molecule has 2 atom stereocenters. The molecule has 1 aromatic carbocycles. The number of aliphatic hydroxyl groups is 1. The number of hydrogen-bond donors (Lipinski definition) is 2. The van der Waals surface area contributed by atoms with Crippen LogP contribution < -0.4 is 5.32 Å². The third-order valence-corrected chi connectivity index (χ3v) is 3.71. The van der Waals surface area contributed by atoms with E-state index in [1.165, 1.54) is 0 Å². The standard InChI is InChI=1S/C12H15Cl2NO2.ClH/c13-10-2-1-8(5-11(10)14)9-6-15-3-4-17-12(9)7-16;/h1-2,5,9,12,15-16H,3-4,6-7H2;1H. The third-order valence-electron chi connectivity index (χ3n) is 2.98. The molecule has 1 aliphatic rings. The van der Waals surface area contributed by atoms with Crippen molar-refractivity contribution in [1.29, 1.82) is 0 Å². The summed E-state index contributed by atoms with van der Waals surface area (Å²) in [6, 6.07) is 5.55. The monoisotopic (exact) mass is 311 g/mol. The first-order valence-electron chi connectivity index (χ1n) is 5.60. The molecular weight excluding hydrogens is 296 g/mol. The van der Waals surface area contributed by atoms with Gasteiger partial charge in [0.1, 0.15) is 0 Å². The summed E-state index contributed by atoms with van der Waals surface area (Å²) in [7, 11) is 0. The maximum atomic E-state index is 9.36. The number of halogens is 3.